The Bertz CT molecular complexity index is 433. The number of carbonyl (C=O) groups excluding carboxylic acids is 1. The Kier molecular flexibility index (Phi) is 5.57. The number of carbonyl (C=O) groups is 1. The molecule has 1 rings (SSSR count). The summed E-state index contributed by atoms with van der Waals surface area (Å²) in [5, 5.41) is 0.238. The minimum Gasteiger partial charge on any atom is -0.487 e. The van der Waals surface area contributed by atoms with Gasteiger partial charge in [0.1, 0.15) is 29.8 Å². The van der Waals surface area contributed by atoms with E-state index < -0.39 is 30.0 Å². The number of hydrogen-bond acceptors (Lipinski definition) is 4. The van der Waals surface area contributed by atoms with Gasteiger partial charge in [0.25, 0.3) is 0 Å². The van der Waals surface area contributed by atoms with Crippen molar-refractivity contribution >= 4 is 17.6 Å². The van der Waals surface area contributed by atoms with Crippen LogP contribution in [-0.2, 0) is 9.53 Å². The summed E-state index contributed by atoms with van der Waals surface area (Å²) in [6.07, 6.45) is -0.971. The fourth-order valence-corrected chi connectivity index (χ4v) is 1.51. The molecule has 6 heteroatoms. The van der Waals surface area contributed by atoms with Crippen molar-refractivity contribution < 1.29 is 18.7 Å². The zero-order valence-corrected chi connectivity index (χ0v) is 11.8. The van der Waals surface area contributed by atoms with Gasteiger partial charge in [-0.25, -0.2) is 4.39 Å². The Hall–Kier alpha value is -1.33. The van der Waals surface area contributed by atoms with Crippen molar-refractivity contribution in [3.63, 3.8) is 0 Å². The van der Waals surface area contributed by atoms with E-state index in [0.29, 0.717) is 0 Å². The van der Waals surface area contributed by atoms with Crippen molar-refractivity contribution in [1.82, 2.24) is 0 Å². The van der Waals surface area contributed by atoms with Gasteiger partial charge in [-0.3, -0.25) is 4.79 Å². The average molecular weight is 290 g/mol. The van der Waals surface area contributed by atoms with Crippen LogP contribution in [0.4, 0.5) is 4.39 Å². The topological polar surface area (TPSA) is 61.6 Å². The molecule has 0 aromatic heterocycles. The molecular weight excluding hydrogens is 273 g/mol. The zero-order valence-electron chi connectivity index (χ0n) is 11.0. The van der Waals surface area contributed by atoms with E-state index in [1.54, 1.807) is 13.8 Å². The lowest BCUT2D eigenvalue weighted by atomic mass is 10.2. The first-order valence-electron chi connectivity index (χ1n) is 5.88. The number of rotatable bonds is 5. The van der Waals surface area contributed by atoms with Crippen molar-refractivity contribution in [2.45, 2.75) is 39.0 Å². The number of esters is 1. The molecule has 1 aromatic carbocycles. The maximum absolute atomic E-state index is 13.1. The van der Waals surface area contributed by atoms with Crippen molar-refractivity contribution in [3.8, 4) is 5.75 Å². The molecule has 0 unspecified atom stereocenters. The van der Waals surface area contributed by atoms with E-state index in [1.807, 2.05) is 0 Å². The Morgan fingerprint density at radius 2 is 1.89 bits per heavy atom. The first-order chi connectivity index (χ1) is 8.79. The molecule has 0 radical (unpaired) electrons. The van der Waals surface area contributed by atoms with Gasteiger partial charge < -0.3 is 15.2 Å². The van der Waals surface area contributed by atoms with Gasteiger partial charge in [0.2, 0.25) is 0 Å². The van der Waals surface area contributed by atoms with Crippen LogP contribution in [0.5, 0.6) is 5.75 Å². The van der Waals surface area contributed by atoms with Crippen molar-refractivity contribution in [3.05, 3.63) is 29.0 Å². The van der Waals surface area contributed by atoms with Crippen LogP contribution in [0, 0.1) is 5.82 Å². The molecule has 0 saturated carbocycles. The number of hydrogen-bond donors (Lipinski definition) is 1. The van der Waals surface area contributed by atoms with Gasteiger partial charge in [-0.2, -0.15) is 0 Å². The summed E-state index contributed by atoms with van der Waals surface area (Å²) in [6, 6.07) is 3.18. The Morgan fingerprint density at radius 1 is 1.26 bits per heavy atom. The van der Waals surface area contributed by atoms with Crippen molar-refractivity contribution in [1.29, 1.82) is 0 Å². The molecule has 0 heterocycles. The minimum atomic E-state index is -0.696. The Labute approximate surface area is 116 Å². The van der Waals surface area contributed by atoms with Gasteiger partial charge in [-0.15, -0.1) is 0 Å². The molecule has 0 aliphatic carbocycles. The van der Waals surface area contributed by atoms with Crippen LogP contribution in [0.1, 0.15) is 20.8 Å². The molecule has 19 heavy (non-hydrogen) atoms. The zero-order chi connectivity index (χ0) is 14.6. The van der Waals surface area contributed by atoms with Crippen molar-refractivity contribution in [2.24, 2.45) is 5.73 Å². The largest absolute Gasteiger partial charge is 0.487 e. The van der Waals surface area contributed by atoms with Crippen LogP contribution in [0.15, 0.2) is 18.2 Å². The smallest absolute Gasteiger partial charge is 0.323 e. The lowest BCUT2D eigenvalue weighted by molar-refractivity contribution is -0.153. The summed E-state index contributed by atoms with van der Waals surface area (Å²) < 4.78 is 23.7. The summed E-state index contributed by atoms with van der Waals surface area (Å²) in [4.78, 5) is 11.3. The van der Waals surface area contributed by atoms with Crippen LogP contribution in [-0.4, -0.2) is 24.2 Å². The lowest BCUT2D eigenvalue weighted by Crippen LogP contribution is -2.37. The highest BCUT2D eigenvalue weighted by molar-refractivity contribution is 6.30. The van der Waals surface area contributed by atoms with Crippen molar-refractivity contribution in [2.75, 3.05) is 0 Å². The van der Waals surface area contributed by atoms with E-state index in [1.165, 1.54) is 25.1 Å². The van der Waals surface area contributed by atoms with Crippen LogP contribution >= 0.6 is 11.6 Å². The first-order valence-corrected chi connectivity index (χ1v) is 6.26. The summed E-state index contributed by atoms with van der Waals surface area (Å²) in [6.45, 7) is 4.91. The highest BCUT2D eigenvalue weighted by Crippen LogP contribution is 2.22. The van der Waals surface area contributed by atoms with E-state index in [0.717, 1.165) is 0 Å². The van der Waals surface area contributed by atoms with Crippen LogP contribution < -0.4 is 10.5 Å². The quantitative estimate of drug-likeness (QED) is 0.846. The second-order valence-corrected chi connectivity index (χ2v) is 4.80. The number of halogens is 2. The van der Waals surface area contributed by atoms with Gasteiger partial charge >= 0.3 is 5.97 Å². The van der Waals surface area contributed by atoms with Gasteiger partial charge in [-0.1, -0.05) is 11.6 Å². The highest BCUT2D eigenvalue weighted by atomic mass is 35.5. The molecule has 2 N–H and O–H groups in total. The molecule has 106 valence electrons. The van der Waals surface area contributed by atoms with Crippen LogP contribution in [0.2, 0.25) is 5.02 Å². The summed E-state index contributed by atoms with van der Waals surface area (Å²) >= 11 is 5.72. The highest BCUT2D eigenvalue weighted by Gasteiger charge is 2.20. The maximum Gasteiger partial charge on any atom is 0.323 e. The monoisotopic (exact) mass is 289 g/mol. The normalized spacial score (nSPS) is 15.5. The van der Waals surface area contributed by atoms with E-state index >= 15 is 0 Å². The van der Waals surface area contributed by atoms with E-state index in [9.17, 15) is 9.18 Å². The molecule has 0 spiro atoms. The van der Waals surface area contributed by atoms with Gasteiger partial charge in [0, 0.05) is 11.1 Å². The summed E-state index contributed by atoms with van der Waals surface area (Å²) in [5.41, 5.74) is 5.39. The van der Waals surface area contributed by atoms with Gasteiger partial charge in [-0.05, 0) is 32.9 Å². The average Bonchev–Trinajstić information content (AvgIpc) is 2.26. The third-order valence-electron chi connectivity index (χ3n) is 2.49. The Morgan fingerprint density at radius 3 is 2.42 bits per heavy atom. The van der Waals surface area contributed by atoms with Gasteiger partial charge in [0.15, 0.2) is 0 Å². The standard InChI is InChI=1S/C13H17ClFNO3/c1-7(16)13(17)19-9(3)8(2)18-12-5-10(14)4-11(15)6-12/h4-9H,16H2,1-3H3/t7-,8+,9-/m0/s1. The fraction of sp³-hybridized carbons (Fsp3) is 0.462. The minimum absolute atomic E-state index is 0.238. The van der Waals surface area contributed by atoms with Crippen LogP contribution in [0.25, 0.3) is 0 Å². The summed E-state index contributed by atoms with van der Waals surface area (Å²) in [5.74, 6) is -0.726. The maximum atomic E-state index is 13.1. The molecule has 4 nitrogen and oxygen atoms in total. The third-order valence-corrected chi connectivity index (χ3v) is 2.71. The molecule has 0 bridgehead atoms. The molecule has 0 amide bonds. The van der Waals surface area contributed by atoms with Crippen LogP contribution in [0.3, 0.4) is 0 Å². The number of nitrogens with two attached hydrogens (primary N) is 1. The number of ether oxygens (including phenoxy) is 2. The predicted octanol–water partition coefficient (Wildman–Crippen LogP) is 2.53. The second kappa shape index (κ2) is 6.73. The van der Waals surface area contributed by atoms with E-state index in [2.05, 4.69) is 0 Å². The van der Waals surface area contributed by atoms with Gasteiger partial charge in [0.05, 0.1) is 0 Å². The molecule has 0 fully saturated rings. The second-order valence-electron chi connectivity index (χ2n) is 4.36. The summed E-state index contributed by atoms with van der Waals surface area (Å²) in [7, 11) is 0. The molecular formula is C13H17ClFNO3. The first kappa shape index (κ1) is 15.7. The molecule has 0 aliphatic heterocycles. The molecule has 1 aromatic rings. The number of benzene rings is 1. The lowest BCUT2D eigenvalue weighted by Gasteiger charge is -2.22. The Balaban J connectivity index is 2.63. The fourth-order valence-electron chi connectivity index (χ4n) is 1.29. The molecule has 0 aliphatic rings. The van der Waals surface area contributed by atoms with E-state index in [-0.39, 0.29) is 10.8 Å². The van der Waals surface area contributed by atoms with E-state index in [4.69, 9.17) is 26.8 Å². The third kappa shape index (κ3) is 5.04. The predicted molar refractivity (Wildman–Crippen MR) is 70.7 cm³/mol. The molecule has 3 atom stereocenters. The molecule has 0 saturated heterocycles. The SMILES string of the molecule is C[C@H](N)C(=O)O[C@@H](C)[C@@H](C)Oc1cc(F)cc(Cl)c1.